The fourth-order valence-corrected chi connectivity index (χ4v) is 3.45. The van der Waals surface area contributed by atoms with Crippen LogP contribution in [0.5, 0.6) is 0 Å². The minimum Gasteiger partial charge on any atom is -0.319 e. The number of likely N-dealkylation sites (N-methyl/N-ethyl adjacent to an activating group) is 1. The summed E-state index contributed by atoms with van der Waals surface area (Å²) in [6, 6.07) is 11.1. The smallest absolute Gasteiger partial charge is 0.0302 e. The van der Waals surface area contributed by atoms with E-state index >= 15 is 0 Å². The van der Waals surface area contributed by atoms with Gasteiger partial charge in [-0.25, -0.2) is 0 Å². The molecule has 1 aliphatic carbocycles. The lowest BCUT2D eigenvalue weighted by Gasteiger charge is -2.27. The molecule has 2 aromatic rings. The first-order valence-corrected chi connectivity index (χ1v) is 7.44. The largest absolute Gasteiger partial charge is 0.319 e. The van der Waals surface area contributed by atoms with E-state index in [1.54, 1.807) is 0 Å². The molecule has 0 radical (unpaired) electrons. The summed E-state index contributed by atoms with van der Waals surface area (Å²) in [7, 11) is 2.04. The van der Waals surface area contributed by atoms with Crippen LogP contribution in [0.1, 0.15) is 41.0 Å². The molecule has 0 saturated heterocycles. The Bertz CT molecular complexity index is 591. The first-order chi connectivity index (χ1) is 9.79. The fourth-order valence-electron chi connectivity index (χ4n) is 3.45. The van der Waals surface area contributed by atoms with Crippen molar-refractivity contribution in [2.24, 2.45) is 0 Å². The molecule has 0 fully saturated rings. The van der Waals surface area contributed by atoms with Crippen LogP contribution < -0.4 is 5.32 Å². The topological polar surface area (TPSA) is 24.9 Å². The highest BCUT2D eigenvalue weighted by Gasteiger charge is 2.23. The van der Waals surface area contributed by atoms with Crippen molar-refractivity contribution in [1.29, 1.82) is 0 Å². The quantitative estimate of drug-likeness (QED) is 0.902. The Morgan fingerprint density at radius 3 is 2.80 bits per heavy atom. The molecule has 1 aliphatic rings. The van der Waals surface area contributed by atoms with Gasteiger partial charge in [0.15, 0.2) is 0 Å². The van der Waals surface area contributed by atoms with E-state index in [0.717, 1.165) is 19.4 Å². The Kier molecular flexibility index (Phi) is 3.83. The lowest BCUT2D eigenvalue weighted by Crippen LogP contribution is -2.23. The molecule has 1 aromatic heterocycles. The van der Waals surface area contributed by atoms with Gasteiger partial charge >= 0.3 is 0 Å². The van der Waals surface area contributed by atoms with Gasteiger partial charge in [-0.05, 0) is 54.1 Å². The van der Waals surface area contributed by atoms with Crippen LogP contribution in [0.4, 0.5) is 0 Å². The molecule has 2 atom stereocenters. The highest BCUT2D eigenvalue weighted by molar-refractivity contribution is 5.39. The van der Waals surface area contributed by atoms with Crippen LogP contribution in [-0.4, -0.2) is 18.6 Å². The summed E-state index contributed by atoms with van der Waals surface area (Å²) in [5.41, 5.74) is 5.89. The molecule has 2 heteroatoms. The molecular weight excluding hydrogens is 244 g/mol. The second-order valence-corrected chi connectivity index (χ2v) is 5.84. The van der Waals surface area contributed by atoms with Crippen molar-refractivity contribution in [1.82, 2.24) is 10.3 Å². The van der Waals surface area contributed by atoms with Crippen molar-refractivity contribution in [3.63, 3.8) is 0 Å². The summed E-state index contributed by atoms with van der Waals surface area (Å²) < 4.78 is 0. The van der Waals surface area contributed by atoms with Gasteiger partial charge in [-0.3, -0.25) is 4.98 Å². The van der Waals surface area contributed by atoms with Crippen molar-refractivity contribution in [3.8, 4) is 0 Å². The first kappa shape index (κ1) is 13.3. The number of nitrogens with zero attached hydrogens (tertiary/aromatic N) is 1. The number of fused-ring (bicyclic) bond motifs is 2. The molecule has 20 heavy (non-hydrogen) atoms. The van der Waals surface area contributed by atoms with Crippen molar-refractivity contribution in [3.05, 3.63) is 65.0 Å². The van der Waals surface area contributed by atoms with Crippen LogP contribution in [0.2, 0.25) is 0 Å². The van der Waals surface area contributed by atoms with E-state index in [2.05, 4.69) is 53.8 Å². The second-order valence-electron chi connectivity index (χ2n) is 5.84. The van der Waals surface area contributed by atoms with Gasteiger partial charge in [0, 0.05) is 24.9 Å². The van der Waals surface area contributed by atoms with Gasteiger partial charge in [0.2, 0.25) is 0 Å². The zero-order valence-electron chi connectivity index (χ0n) is 12.3. The van der Waals surface area contributed by atoms with Crippen LogP contribution in [0.25, 0.3) is 0 Å². The van der Waals surface area contributed by atoms with Gasteiger partial charge in [-0.1, -0.05) is 31.2 Å². The van der Waals surface area contributed by atoms with E-state index in [0.29, 0.717) is 11.8 Å². The fraction of sp³-hybridized carbons (Fsp3) is 0.389. The van der Waals surface area contributed by atoms with Gasteiger partial charge in [0.25, 0.3) is 0 Å². The molecule has 0 amide bonds. The summed E-state index contributed by atoms with van der Waals surface area (Å²) in [5.74, 6) is 1.09. The Hall–Kier alpha value is -1.67. The van der Waals surface area contributed by atoms with Crippen molar-refractivity contribution in [2.45, 2.75) is 31.6 Å². The average molecular weight is 266 g/mol. The van der Waals surface area contributed by atoms with E-state index in [4.69, 9.17) is 0 Å². The Morgan fingerprint density at radius 2 is 1.95 bits per heavy atom. The molecule has 0 saturated carbocycles. The summed E-state index contributed by atoms with van der Waals surface area (Å²) >= 11 is 0. The zero-order valence-corrected chi connectivity index (χ0v) is 12.3. The normalized spacial score (nSPS) is 21.5. The third-order valence-electron chi connectivity index (χ3n) is 4.41. The molecule has 104 valence electrons. The van der Waals surface area contributed by atoms with Crippen molar-refractivity contribution in [2.75, 3.05) is 13.6 Å². The Morgan fingerprint density at radius 1 is 1.10 bits per heavy atom. The third kappa shape index (κ3) is 2.48. The molecule has 0 aliphatic heterocycles. The maximum Gasteiger partial charge on any atom is 0.0302 e. The number of hydrogen-bond acceptors (Lipinski definition) is 2. The van der Waals surface area contributed by atoms with Crippen LogP contribution >= 0.6 is 0 Å². The predicted octanol–water partition coefficient (Wildman–Crippen LogP) is 3.29. The van der Waals surface area contributed by atoms with E-state index < -0.39 is 0 Å². The summed E-state index contributed by atoms with van der Waals surface area (Å²) in [6.07, 6.45) is 6.18. The lowest BCUT2D eigenvalue weighted by atomic mass is 9.79. The monoisotopic (exact) mass is 266 g/mol. The maximum absolute atomic E-state index is 4.33. The van der Waals surface area contributed by atoms with E-state index in [9.17, 15) is 0 Å². The lowest BCUT2D eigenvalue weighted by molar-refractivity contribution is 0.594. The molecular formula is C18H22N2. The number of aromatic nitrogens is 1. The summed E-state index contributed by atoms with van der Waals surface area (Å²) in [5, 5.41) is 3.35. The molecule has 0 bridgehead atoms. The highest BCUT2D eigenvalue weighted by Crippen LogP contribution is 2.34. The molecule has 1 heterocycles. The summed E-state index contributed by atoms with van der Waals surface area (Å²) in [4.78, 5) is 4.33. The molecule has 1 unspecified atom stereocenters. The average Bonchev–Trinajstić information content (AvgIpc) is 2.46. The highest BCUT2D eigenvalue weighted by atomic mass is 14.8. The van der Waals surface area contributed by atoms with E-state index in [1.165, 1.54) is 22.3 Å². The summed E-state index contributed by atoms with van der Waals surface area (Å²) in [6.45, 7) is 3.34. The molecule has 3 rings (SSSR count). The Labute approximate surface area is 121 Å². The van der Waals surface area contributed by atoms with E-state index in [-0.39, 0.29) is 0 Å². The van der Waals surface area contributed by atoms with Crippen molar-refractivity contribution >= 4 is 0 Å². The maximum atomic E-state index is 4.33. The second kappa shape index (κ2) is 5.76. The van der Waals surface area contributed by atoms with Crippen LogP contribution in [0.3, 0.4) is 0 Å². The van der Waals surface area contributed by atoms with Gasteiger partial charge < -0.3 is 5.32 Å². The Balaban J connectivity index is 2.07. The number of hydrogen-bond donors (Lipinski definition) is 1. The first-order valence-electron chi connectivity index (χ1n) is 7.44. The van der Waals surface area contributed by atoms with Gasteiger partial charge in [-0.15, -0.1) is 0 Å². The molecule has 0 spiro atoms. The van der Waals surface area contributed by atoms with Gasteiger partial charge in [0.1, 0.15) is 0 Å². The third-order valence-corrected chi connectivity index (χ3v) is 4.41. The minimum atomic E-state index is 0.534. The molecule has 1 aromatic carbocycles. The van der Waals surface area contributed by atoms with Crippen LogP contribution in [0, 0.1) is 0 Å². The number of nitrogens with one attached hydrogen (secondary N) is 1. The number of benzene rings is 1. The van der Waals surface area contributed by atoms with E-state index in [1.807, 2.05) is 13.2 Å². The minimum absolute atomic E-state index is 0.534. The predicted molar refractivity (Wildman–Crippen MR) is 83.2 cm³/mol. The van der Waals surface area contributed by atoms with Crippen LogP contribution in [-0.2, 0) is 12.8 Å². The SMILES string of the molecule is CNCC1Cc2ccccc2[C@@H](C)Cc2cnccc21. The van der Waals surface area contributed by atoms with Crippen LogP contribution in [0.15, 0.2) is 42.7 Å². The zero-order chi connectivity index (χ0) is 13.9. The standard InChI is InChI=1S/C18H22N2/c1-13-9-15-12-20-8-7-18(15)16(11-19-2)10-14-5-3-4-6-17(13)14/h3-8,12-13,16,19H,9-11H2,1-2H3/t13-,16?/m0/s1. The number of rotatable bonds is 2. The molecule has 2 nitrogen and oxygen atoms in total. The number of pyridine rings is 1. The van der Waals surface area contributed by atoms with Crippen molar-refractivity contribution < 1.29 is 0 Å². The van der Waals surface area contributed by atoms with Gasteiger partial charge in [-0.2, -0.15) is 0 Å². The van der Waals surface area contributed by atoms with Gasteiger partial charge in [0.05, 0.1) is 0 Å². The molecule has 1 N–H and O–H groups in total.